The van der Waals surface area contributed by atoms with Crippen molar-refractivity contribution in [3.63, 3.8) is 0 Å². The van der Waals surface area contributed by atoms with Gasteiger partial charge in [0.15, 0.2) is 6.61 Å². The molecule has 1 aromatic carbocycles. The Morgan fingerprint density at radius 2 is 2.09 bits per heavy atom. The molecule has 1 aromatic rings. The monoisotopic (exact) mass is 352 g/mol. The third kappa shape index (κ3) is 6.27. The van der Waals surface area contributed by atoms with Crippen molar-refractivity contribution in [1.29, 1.82) is 0 Å². The van der Waals surface area contributed by atoms with E-state index in [9.17, 15) is 18.0 Å². The van der Waals surface area contributed by atoms with Gasteiger partial charge in [-0.3, -0.25) is 4.79 Å². The normalized spacial score (nSPS) is 18.0. The van der Waals surface area contributed by atoms with Crippen LogP contribution in [0.2, 0.25) is 0 Å². The van der Waals surface area contributed by atoms with Gasteiger partial charge in [0.2, 0.25) is 0 Å². The predicted molar refractivity (Wildman–Crippen MR) is 82.8 cm³/mol. The SMILES string of the molecule is Cl.O=C(COc1ccccc1C(F)(F)F)NCC1CCCNC1. The van der Waals surface area contributed by atoms with Crippen LogP contribution in [0.5, 0.6) is 5.75 Å². The summed E-state index contributed by atoms with van der Waals surface area (Å²) in [5.41, 5.74) is -0.876. The number of rotatable bonds is 5. The van der Waals surface area contributed by atoms with Gasteiger partial charge in [-0.1, -0.05) is 12.1 Å². The van der Waals surface area contributed by atoms with Crippen molar-refractivity contribution < 1.29 is 22.7 Å². The molecule has 1 saturated heterocycles. The zero-order valence-corrected chi connectivity index (χ0v) is 13.3. The first-order chi connectivity index (χ1) is 10.5. The van der Waals surface area contributed by atoms with Gasteiger partial charge < -0.3 is 15.4 Å². The molecule has 0 aliphatic carbocycles. The van der Waals surface area contributed by atoms with E-state index in [2.05, 4.69) is 10.6 Å². The highest BCUT2D eigenvalue weighted by Gasteiger charge is 2.34. The van der Waals surface area contributed by atoms with Crippen LogP contribution < -0.4 is 15.4 Å². The van der Waals surface area contributed by atoms with E-state index in [0.717, 1.165) is 32.0 Å². The summed E-state index contributed by atoms with van der Waals surface area (Å²) in [5, 5.41) is 5.93. The zero-order chi connectivity index (χ0) is 16.0. The van der Waals surface area contributed by atoms with Gasteiger partial charge in [-0.25, -0.2) is 0 Å². The Morgan fingerprint density at radius 1 is 1.35 bits per heavy atom. The van der Waals surface area contributed by atoms with Gasteiger partial charge in [0.05, 0.1) is 5.56 Å². The second-order valence-electron chi connectivity index (χ2n) is 5.30. The van der Waals surface area contributed by atoms with E-state index >= 15 is 0 Å². The van der Waals surface area contributed by atoms with Crippen LogP contribution in [0.4, 0.5) is 13.2 Å². The molecule has 23 heavy (non-hydrogen) atoms. The number of benzene rings is 1. The van der Waals surface area contributed by atoms with Crippen LogP contribution in [-0.2, 0) is 11.0 Å². The number of hydrogen-bond donors (Lipinski definition) is 2. The second kappa shape index (κ2) is 8.98. The van der Waals surface area contributed by atoms with E-state index in [-0.39, 0.29) is 18.2 Å². The summed E-state index contributed by atoms with van der Waals surface area (Å²) in [5.74, 6) is -0.382. The maximum absolute atomic E-state index is 12.8. The Bertz CT molecular complexity index is 506. The van der Waals surface area contributed by atoms with Crippen molar-refractivity contribution in [2.75, 3.05) is 26.2 Å². The van der Waals surface area contributed by atoms with Crippen molar-refractivity contribution >= 4 is 18.3 Å². The third-order valence-electron chi connectivity index (χ3n) is 3.54. The van der Waals surface area contributed by atoms with Crippen LogP contribution in [0.25, 0.3) is 0 Å². The number of alkyl halides is 3. The minimum atomic E-state index is -4.50. The first-order valence-corrected chi connectivity index (χ1v) is 7.23. The van der Waals surface area contributed by atoms with Crippen LogP contribution >= 0.6 is 12.4 Å². The molecule has 0 radical (unpaired) electrons. The lowest BCUT2D eigenvalue weighted by Crippen LogP contribution is -2.39. The number of ether oxygens (including phenoxy) is 1. The zero-order valence-electron chi connectivity index (χ0n) is 12.5. The van der Waals surface area contributed by atoms with Gasteiger partial charge >= 0.3 is 6.18 Å². The van der Waals surface area contributed by atoms with Crippen LogP contribution in [0.15, 0.2) is 24.3 Å². The minimum absolute atomic E-state index is 0. The number of carbonyl (C=O) groups excluding carboxylic acids is 1. The Morgan fingerprint density at radius 3 is 2.74 bits per heavy atom. The van der Waals surface area contributed by atoms with Crippen LogP contribution in [-0.4, -0.2) is 32.1 Å². The molecule has 8 heteroatoms. The number of amides is 1. The summed E-state index contributed by atoms with van der Waals surface area (Å²) >= 11 is 0. The highest BCUT2D eigenvalue weighted by Crippen LogP contribution is 2.35. The standard InChI is InChI=1S/C15H19F3N2O2.ClH/c16-15(17,18)12-5-1-2-6-13(12)22-10-14(21)20-9-11-4-3-7-19-8-11;/h1-2,5-6,11,19H,3-4,7-10H2,(H,20,21);1H. The maximum atomic E-state index is 12.8. The molecule has 0 spiro atoms. The highest BCUT2D eigenvalue weighted by molar-refractivity contribution is 5.85. The van der Waals surface area contributed by atoms with Gasteiger partial charge in [0.25, 0.3) is 5.91 Å². The van der Waals surface area contributed by atoms with E-state index < -0.39 is 24.3 Å². The van der Waals surface area contributed by atoms with Gasteiger partial charge in [-0.05, 0) is 44.0 Å². The molecule has 4 nitrogen and oxygen atoms in total. The molecule has 1 fully saturated rings. The molecule has 1 aliphatic rings. The predicted octanol–water partition coefficient (Wildman–Crippen LogP) is 2.62. The average Bonchev–Trinajstić information content (AvgIpc) is 2.51. The smallest absolute Gasteiger partial charge is 0.419 e. The van der Waals surface area contributed by atoms with Crippen molar-refractivity contribution in [2.45, 2.75) is 19.0 Å². The number of carbonyl (C=O) groups is 1. The quantitative estimate of drug-likeness (QED) is 0.856. The second-order valence-corrected chi connectivity index (χ2v) is 5.30. The number of piperidine rings is 1. The summed E-state index contributed by atoms with van der Waals surface area (Å²) in [6.07, 6.45) is -2.40. The van der Waals surface area contributed by atoms with Crippen molar-refractivity contribution in [1.82, 2.24) is 10.6 Å². The Labute approximate surface area is 139 Å². The van der Waals surface area contributed by atoms with Gasteiger partial charge in [0, 0.05) is 6.54 Å². The van der Waals surface area contributed by atoms with Crippen LogP contribution in [0, 0.1) is 5.92 Å². The van der Waals surface area contributed by atoms with Crippen molar-refractivity contribution in [3.8, 4) is 5.75 Å². The molecule has 1 unspecified atom stereocenters. The lowest BCUT2D eigenvalue weighted by molar-refractivity contribution is -0.139. The summed E-state index contributed by atoms with van der Waals surface area (Å²) in [7, 11) is 0. The first-order valence-electron chi connectivity index (χ1n) is 7.23. The molecule has 1 amide bonds. The molecule has 0 bridgehead atoms. The van der Waals surface area contributed by atoms with Gasteiger partial charge in [-0.15, -0.1) is 12.4 Å². The topological polar surface area (TPSA) is 50.4 Å². The Hall–Kier alpha value is -1.47. The molecule has 0 saturated carbocycles. The molecule has 2 rings (SSSR count). The van der Waals surface area contributed by atoms with E-state index in [0.29, 0.717) is 12.5 Å². The Balaban J connectivity index is 0.00000264. The summed E-state index contributed by atoms with van der Waals surface area (Å²) in [6, 6.07) is 4.87. The first kappa shape index (κ1) is 19.6. The minimum Gasteiger partial charge on any atom is -0.483 e. The number of hydrogen-bond acceptors (Lipinski definition) is 3. The largest absolute Gasteiger partial charge is 0.483 e. The molecule has 130 valence electrons. The van der Waals surface area contributed by atoms with Gasteiger partial charge in [-0.2, -0.15) is 13.2 Å². The lowest BCUT2D eigenvalue weighted by atomic mass is 10.00. The molecule has 1 aliphatic heterocycles. The molecule has 1 heterocycles. The van der Waals surface area contributed by atoms with E-state index in [1.807, 2.05) is 0 Å². The van der Waals surface area contributed by atoms with Crippen LogP contribution in [0.3, 0.4) is 0 Å². The summed E-state index contributed by atoms with van der Waals surface area (Å²) in [4.78, 5) is 11.7. The molecule has 1 atom stereocenters. The fourth-order valence-corrected chi connectivity index (χ4v) is 2.38. The summed E-state index contributed by atoms with van der Waals surface area (Å²) < 4.78 is 43.3. The maximum Gasteiger partial charge on any atom is 0.419 e. The van der Waals surface area contributed by atoms with Gasteiger partial charge in [0.1, 0.15) is 5.75 Å². The fraction of sp³-hybridized carbons (Fsp3) is 0.533. The van der Waals surface area contributed by atoms with Crippen molar-refractivity contribution in [3.05, 3.63) is 29.8 Å². The molecule has 2 N–H and O–H groups in total. The molecule has 0 aromatic heterocycles. The fourth-order valence-electron chi connectivity index (χ4n) is 2.38. The van der Waals surface area contributed by atoms with E-state index in [1.165, 1.54) is 18.2 Å². The van der Waals surface area contributed by atoms with Crippen molar-refractivity contribution in [2.24, 2.45) is 5.92 Å². The van der Waals surface area contributed by atoms with Crippen LogP contribution in [0.1, 0.15) is 18.4 Å². The summed E-state index contributed by atoms with van der Waals surface area (Å²) in [6.45, 7) is 1.92. The third-order valence-corrected chi connectivity index (χ3v) is 3.54. The Kier molecular flexibility index (Phi) is 7.64. The number of halogens is 4. The molecular weight excluding hydrogens is 333 g/mol. The van der Waals surface area contributed by atoms with E-state index in [4.69, 9.17) is 4.74 Å². The molecular formula is C15H20ClF3N2O2. The number of para-hydroxylation sites is 1. The number of nitrogens with one attached hydrogen (secondary N) is 2. The average molecular weight is 353 g/mol. The highest BCUT2D eigenvalue weighted by atomic mass is 35.5. The lowest BCUT2D eigenvalue weighted by Gasteiger charge is -2.22. The van der Waals surface area contributed by atoms with E-state index in [1.54, 1.807) is 0 Å².